The van der Waals surface area contributed by atoms with Gasteiger partial charge < -0.3 is 14.5 Å². The third-order valence-electron chi connectivity index (χ3n) is 5.76. The minimum atomic E-state index is -3.35. The highest BCUT2D eigenvalue weighted by molar-refractivity contribution is 7.91. The lowest BCUT2D eigenvalue weighted by molar-refractivity contribution is 0.415. The average molecular weight is 504 g/mol. The molecule has 0 unspecified atom stereocenters. The van der Waals surface area contributed by atoms with Crippen LogP contribution in [-0.4, -0.2) is 47.2 Å². The van der Waals surface area contributed by atoms with Gasteiger partial charge in [-0.3, -0.25) is 4.40 Å². The van der Waals surface area contributed by atoms with Gasteiger partial charge in [-0.15, -0.1) is 0 Å². The van der Waals surface area contributed by atoms with E-state index in [2.05, 4.69) is 20.3 Å². The second-order valence-corrected chi connectivity index (χ2v) is 10.4. The Labute approximate surface area is 208 Å². The van der Waals surface area contributed by atoms with Crippen molar-refractivity contribution in [3.05, 3.63) is 78.8 Å². The zero-order chi connectivity index (χ0) is 25.1. The van der Waals surface area contributed by atoms with Crippen molar-refractivity contribution < 1.29 is 17.6 Å². The van der Waals surface area contributed by atoms with Crippen LogP contribution in [0, 0.1) is 6.92 Å². The monoisotopic (exact) mass is 503 g/mol. The summed E-state index contributed by atoms with van der Waals surface area (Å²) >= 11 is 0. The number of nitrogens with zero attached hydrogens (tertiary/aromatic N) is 4. The number of oxazole rings is 1. The number of rotatable bonds is 9. The number of aryl methyl sites for hydroxylation is 1. The van der Waals surface area contributed by atoms with Crippen LogP contribution in [-0.2, 0) is 9.84 Å². The van der Waals surface area contributed by atoms with Crippen molar-refractivity contribution >= 4 is 21.6 Å². The van der Waals surface area contributed by atoms with Crippen molar-refractivity contribution in [2.45, 2.75) is 18.2 Å². The van der Waals surface area contributed by atoms with Crippen LogP contribution in [0.3, 0.4) is 0 Å². The summed E-state index contributed by atoms with van der Waals surface area (Å²) in [5.41, 5.74) is 3.97. The Morgan fingerprint density at radius 2 is 1.92 bits per heavy atom. The van der Waals surface area contributed by atoms with E-state index in [0.717, 1.165) is 16.8 Å². The highest BCUT2D eigenvalue weighted by Gasteiger charge is 2.20. The van der Waals surface area contributed by atoms with E-state index in [1.54, 1.807) is 56.1 Å². The normalized spacial score (nSPS) is 11.6. The van der Waals surface area contributed by atoms with Gasteiger partial charge in [0.25, 0.3) is 0 Å². The molecule has 5 aromatic rings. The number of hydrogen-bond donors (Lipinski definition) is 1. The number of methoxy groups -OCH3 is 1. The topological polar surface area (TPSA) is 112 Å². The summed E-state index contributed by atoms with van der Waals surface area (Å²) in [6.07, 6.45) is 5.42. The lowest BCUT2D eigenvalue weighted by Crippen LogP contribution is -2.13. The van der Waals surface area contributed by atoms with E-state index in [0.29, 0.717) is 46.8 Å². The SMILES string of the molecule is COc1cccc(-c2nc3occn3c2-c2ccnc(NCCCS(=O)(=O)c3ccc(C)cc3)n2)c1. The number of aromatic nitrogens is 4. The second kappa shape index (κ2) is 9.82. The summed E-state index contributed by atoms with van der Waals surface area (Å²) in [6, 6.07) is 16.3. The standard InChI is InChI=1S/C26H25N5O4S/c1-18-7-9-21(10-8-18)36(32,33)16-4-12-27-25-28-13-11-22(29-25)24-23(30-26-31(24)14-15-35-26)19-5-3-6-20(17-19)34-2/h3,5-11,13-15,17H,4,12,16H2,1-2H3,(H,27,28,29). The summed E-state index contributed by atoms with van der Waals surface area (Å²) < 4.78 is 37.9. The van der Waals surface area contributed by atoms with E-state index in [-0.39, 0.29) is 5.75 Å². The molecule has 0 aliphatic rings. The van der Waals surface area contributed by atoms with Crippen LogP contribution in [0.2, 0.25) is 0 Å². The minimum Gasteiger partial charge on any atom is -0.497 e. The van der Waals surface area contributed by atoms with Gasteiger partial charge in [-0.05, 0) is 43.7 Å². The van der Waals surface area contributed by atoms with Crippen molar-refractivity contribution in [3.63, 3.8) is 0 Å². The van der Waals surface area contributed by atoms with E-state index in [4.69, 9.17) is 9.15 Å². The fraction of sp³-hybridized carbons (Fsp3) is 0.192. The van der Waals surface area contributed by atoms with Crippen LogP contribution in [0.25, 0.3) is 28.5 Å². The maximum Gasteiger partial charge on any atom is 0.306 e. The molecule has 0 amide bonds. The van der Waals surface area contributed by atoms with Crippen LogP contribution in [0.5, 0.6) is 5.75 Å². The Hall–Kier alpha value is -4.18. The molecule has 36 heavy (non-hydrogen) atoms. The molecular formula is C26H25N5O4S. The number of benzene rings is 2. The average Bonchev–Trinajstić information content (AvgIpc) is 3.49. The Morgan fingerprint density at radius 3 is 2.72 bits per heavy atom. The molecule has 0 radical (unpaired) electrons. The molecule has 0 bridgehead atoms. The molecule has 184 valence electrons. The molecule has 10 heteroatoms. The van der Waals surface area contributed by atoms with Crippen molar-refractivity contribution in [1.82, 2.24) is 19.4 Å². The number of nitrogens with one attached hydrogen (secondary N) is 1. The number of imidazole rings is 1. The van der Waals surface area contributed by atoms with Gasteiger partial charge in [-0.2, -0.15) is 4.98 Å². The smallest absolute Gasteiger partial charge is 0.306 e. The van der Waals surface area contributed by atoms with Crippen molar-refractivity contribution in [2.75, 3.05) is 24.7 Å². The first-order valence-electron chi connectivity index (χ1n) is 11.4. The molecule has 5 rings (SSSR count). The number of hydrogen-bond acceptors (Lipinski definition) is 8. The molecule has 9 nitrogen and oxygen atoms in total. The Bertz CT molecular complexity index is 1610. The van der Waals surface area contributed by atoms with Gasteiger partial charge in [0, 0.05) is 24.5 Å². The quantitative estimate of drug-likeness (QED) is 0.290. The molecule has 3 aromatic heterocycles. The maximum absolute atomic E-state index is 12.6. The molecular weight excluding hydrogens is 478 g/mol. The lowest BCUT2D eigenvalue weighted by Gasteiger charge is -2.09. The van der Waals surface area contributed by atoms with Crippen molar-refractivity contribution in [3.8, 4) is 28.4 Å². The minimum absolute atomic E-state index is 0.0288. The van der Waals surface area contributed by atoms with Crippen LogP contribution < -0.4 is 10.1 Å². The molecule has 0 saturated carbocycles. The first-order chi connectivity index (χ1) is 17.4. The van der Waals surface area contributed by atoms with Crippen LogP contribution >= 0.6 is 0 Å². The van der Waals surface area contributed by atoms with Crippen molar-refractivity contribution in [1.29, 1.82) is 0 Å². The molecule has 0 fully saturated rings. The van der Waals surface area contributed by atoms with Gasteiger partial charge in [0.1, 0.15) is 23.4 Å². The molecule has 0 saturated heterocycles. The fourth-order valence-electron chi connectivity index (χ4n) is 3.90. The molecule has 3 heterocycles. The van der Waals surface area contributed by atoms with Crippen molar-refractivity contribution in [2.24, 2.45) is 0 Å². The van der Waals surface area contributed by atoms with Gasteiger partial charge in [-0.1, -0.05) is 29.8 Å². The summed E-state index contributed by atoms with van der Waals surface area (Å²) in [5.74, 6) is 1.59. The zero-order valence-corrected chi connectivity index (χ0v) is 20.7. The summed E-state index contributed by atoms with van der Waals surface area (Å²) in [6.45, 7) is 2.33. The lowest BCUT2D eigenvalue weighted by atomic mass is 10.1. The van der Waals surface area contributed by atoms with Gasteiger partial charge >= 0.3 is 5.84 Å². The molecule has 2 aromatic carbocycles. The molecule has 1 N–H and O–H groups in total. The zero-order valence-electron chi connectivity index (χ0n) is 19.9. The molecule has 0 atom stereocenters. The maximum atomic E-state index is 12.6. The third kappa shape index (κ3) is 4.80. The number of ether oxygens (including phenoxy) is 1. The highest BCUT2D eigenvalue weighted by Crippen LogP contribution is 2.33. The predicted molar refractivity (Wildman–Crippen MR) is 137 cm³/mol. The van der Waals surface area contributed by atoms with Gasteiger partial charge in [0.15, 0.2) is 9.84 Å². The predicted octanol–water partition coefficient (Wildman–Crippen LogP) is 4.64. The van der Waals surface area contributed by atoms with Gasteiger partial charge in [-0.25, -0.2) is 18.4 Å². The van der Waals surface area contributed by atoms with Crippen LogP contribution in [0.15, 0.2) is 82.6 Å². The Balaban J connectivity index is 1.35. The summed E-state index contributed by atoms with van der Waals surface area (Å²) in [7, 11) is -1.73. The fourth-order valence-corrected chi connectivity index (χ4v) is 5.21. The van der Waals surface area contributed by atoms with E-state index >= 15 is 0 Å². The van der Waals surface area contributed by atoms with Crippen LogP contribution in [0.4, 0.5) is 5.95 Å². The van der Waals surface area contributed by atoms with E-state index in [1.807, 2.05) is 35.6 Å². The number of sulfone groups is 1. The van der Waals surface area contributed by atoms with E-state index in [9.17, 15) is 8.42 Å². The van der Waals surface area contributed by atoms with E-state index < -0.39 is 9.84 Å². The Morgan fingerprint density at radius 1 is 1.08 bits per heavy atom. The van der Waals surface area contributed by atoms with Gasteiger partial charge in [0.05, 0.1) is 23.5 Å². The summed E-state index contributed by atoms with van der Waals surface area (Å²) in [5, 5.41) is 3.14. The van der Waals surface area contributed by atoms with Crippen LogP contribution in [0.1, 0.15) is 12.0 Å². The first kappa shape index (κ1) is 23.6. The second-order valence-electron chi connectivity index (χ2n) is 8.27. The first-order valence-corrected chi connectivity index (χ1v) is 13.1. The Kier molecular flexibility index (Phi) is 6.43. The third-order valence-corrected chi connectivity index (χ3v) is 7.57. The summed E-state index contributed by atoms with van der Waals surface area (Å²) in [4.78, 5) is 14.0. The number of anilines is 1. The molecule has 0 spiro atoms. The molecule has 0 aliphatic heterocycles. The molecule has 0 aliphatic carbocycles. The largest absolute Gasteiger partial charge is 0.497 e. The van der Waals surface area contributed by atoms with E-state index in [1.165, 1.54) is 0 Å². The van der Waals surface area contributed by atoms with Gasteiger partial charge in [0.2, 0.25) is 5.95 Å². The number of fused-ring (bicyclic) bond motifs is 1. The highest BCUT2D eigenvalue weighted by atomic mass is 32.2.